The van der Waals surface area contributed by atoms with Gasteiger partial charge in [-0.05, 0) is 44.4 Å². The van der Waals surface area contributed by atoms with Gasteiger partial charge in [0.15, 0.2) is 8.29 Å². The number of methoxy groups -OCH3 is 1. The van der Waals surface area contributed by atoms with Gasteiger partial charge in [0.1, 0.15) is 5.70 Å². The van der Waals surface area contributed by atoms with Gasteiger partial charge in [-0.1, -0.05) is 36.9 Å². The molecule has 5 aliphatic rings. The third-order valence-electron chi connectivity index (χ3n) is 10.1. The number of ether oxygens (including phenoxy) is 1. The first-order chi connectivity index (χ1) is 25.8. The molecule has 1 saturated heterocycles. The molecule has 294 valence electrons. The monoisotopic (exact) mass is 858 g/mol. The molecule has 0 unspecified atom stereocenters. The van der Waals surface area contributed by atoms with Crippen LogP contribution >= 0.6 is 69.9 Å². The van der Waals surface area contributed by atoms with Gasteiger partial charge >= 0.3 is 11.9 Å². The summed E-state index contributed by atoms with van der Waals surface area (Å²) < 4.78 is 6.11. The average Bonchev–Trinajstić information content (AvgIpc) is 4.00. The Morgan fingerprint density at radius 1 is 1.11 bits per heavy atom. The van der Waals surface area contributed by atoms with Gasteiger partial charge in [0.05, 0.1) is 60.8 Å². The first-order valence-corrected chi connectivity index (χ1v) is 21.2. The largest absolute Gasteiger partial charge is 0.477 e. The number of aliphatic hydroxyl groups excluding tert-OH is 2. The number of aromatic nitrogens is 2. The Morgan fingerprint density at radius 2 is 1.81 bits per heavy atom. The predicted molar refractivity (Wildman–Crippen MR) is 216 cm³/mol. The topological polar surface area (TPSA) is 172 Å². The van der Waals surface area contributed by atoms with E-state index in [1.54, 1.807) is 24.3 Å². The lowest BCUT2D eigenvalue weighted by Crippen LogP contribution is -2.63. The van der Waals surface area contributed by atoms with Crippen molar-refractivity contribution >= 4 is 98.8 Å². The van der Waals surface area contributed by atoms with Crippen LogP contribution in [0.5, 0.6) is 0 Å². The number of thioether (sulfide) groups is 1. The molecule has 1 amide bonds. The van der Waals surface area contributed by atoms with Crippen molar-refractivity contribution in [3.8, 4) is 0 Å². The summed E-state index contributed by atoms with van der Waals surface area (Å²) in [5.74, 6) is -1.46. The number of nitrogens with zero attached hydrogens (tertiary/aromatic N) is 4. The van der Waals surface area contributed by atoms with Crippen molar-refractivity contribution in [1.82, 2.24) is 30.0 Å². The molecule has 0 radical (unpaired) electrons. The van der Waals surface area contributed by atoms with Crippen LogP contribution in [0, 0.1) is 15.8 Å². The second-order valence-corrected chi connectivity index (χ2v) is 17.6. The molecular formula is C35H44Cl2N6O7S4. The Kier molecular flexibility index (Phi) is 14.8. The number of aliphatic carboxylic acids is 1. The maximum absolute atomic E-state index is 12.4. The maximum atomic E-state index is 12.4. The number of likely N-dealkylation sites (N-methyl/N-ethyl adjacent to an activating group) is 2. The number of carbonyl (C=O) groups is 3. The number of amides is 1. The summed E-state index contributed by atoms with van der Waals surface area (Å²) in [5.41, 5.74) is 4.86. The number of esters is 1. The average molecular weight is 860 g/mol. The summed E-state index contributed by atoms with van der Waals surface area (Å²) in [5, 5.41) is 35.9. The zero-order valence-corrected chi connectivity index (χ0v) is 35.1. The molecule has 7 rings (SSSR count). The van der Waals surface area contributed by atoms with Crippen LogP contribution in [0.1, 0.15) is 25.2 Å². The number of H-pyrrole nitrogens is 1. The van der Waals surface area contributed by atoms with Gasteiger partial charge in [-0.3, -0.25) is 14.6 Å². The van der Waals surface area contributed by atoms with Gasteiger partial charge in [0, 0.05) is 59.0 Å². The fraction of sp³-hybridized carbons (Fsp3) is 0.514. The van der Waals surface area contributed by atoms with Crippen molar-refractivity contribution in [3.63, 3.8) is 0 Å². The molecule has 5 aliphatic heterocycles. The number of nitrogens with one attached hydrogen (secondary N) is 2. The van der Waals surface area contributed by atoms with Crippen molar-refractivity contribution < 1.29 is 34.4 Å². The summed E-state index contributed by atoms with van der Waals surface area (Å²) in [6, 6.07) is -0.135. The Balaban J connectivity index is 0.000000179. The van der Waals surface area contributed by atoms with Crippen LogP contribution in [0.4, 0.5) is 0 Å². The van der Waals surface area contributed by atoms with Gasteiger partial charge in [-0.15, -0.1) is 45.9 Å². The summed E-state index contributed by atoms with van der Waals surface area (Å²) in [4.78, 5) is 49.3. The van der Waals surface area contributed by atoms with Crippen LogP contribution in [0.15, 0.2) is 49.5 Å². The van der Waals surface area contributed by atoms with Crippen molar-refractivity contribution in [1.29, 1.82) is 0 Å². The smallest absolute Gasteiger partial charge is 0.353 e. The van der Waals surface area contributed by atoms with Crippen LogP contribution in [0.2, 0.25) is 0 Å². The van der Waals surface area contributed by atoms with E-state index in [9.17, 15) is 24.6 Å². The lowest BCUT2D eigenvalue weighted by Gasteiger charge is -2.46. The van der Waals surface area contributed by atoms with E-state index in [4.69, 9.17) is 40.5 Å². The third-order valence-corrected chi connectivity index (χ3v) is 13.9. The van der Waals surface area contributed by atoms with E-state index in [1.807, 2.05) is 24.3 Å². The summed E-state index contributed by atoms with van der Waals surface area (Å²) >= 11 is 21.3. The minimum Gasteiger partial charge on any atom is -0.477 e. The van der Waals surface area contributed by atoms with E-state index in [0.29, 0.717) is 34.8 Å². The first kappa shape index (κ1) is 42.7. The molecule has 0 aromatic carbocycles. The highest BCUT2D eigenvalue weighted by atomic mass is 35.5. The second kappa shape index (κ2) is 18.7. The van der Waals surface area contributed by atoms with Crippen molar-refractivity contribution in [2.75, 3.05) is 59.2 Å². The molecule has 0 saturated carbocycles. The summed E-state index contributed by atoms with van der Waals surface area (Å²) in [7, 11) is 5.28. The highest BCUT2D eigenvalue weighted by Gasteiger charge is 2.60. The number of carbonyl (C=O) groups excluding carboxylic acids is 2. The molecule has 54 heavy (non-hydrogen) atoms. The van der Waals surface area contributed by atoms with E-state index in [0.717, 1.165) is 38.3 Å². The Labute approximate surface area is 341 Å². The predicted octanol–water partition coefficient (Wildman–Crippen LogP) is 4.12. The number of rotatable bonds is 10. The van der Waals surface area contributed by atoms with Crippen molar-refractivity contribution in [3.05, 3.63) is 60.5 Å². The molecule has 0 spiro atoms. The number of aliphatic hydroxyl groups is 2. The van der Waals surface area contributed by atoms with Crippen LogP contribution < -0.4 is 5.32 Å². The number of thiazole rings is 2. The van der Waals surface area contributed by atoms with Crippen LogP contribution in [-0.2, 0) is 19.1 Å². The van der Waals surface area contributed by atoms with Crippen molar-refractivity contribution in [2.24, 2.45) is 11.8 Å². The van der Waals surface area contributed by atoms with Crippen LogP contribution in [0.3, 0.4) is 0 Å². The Bertz CT molecular complexity index is 1910. The lowest BCUT2D eigenvalue weighted by molar-refractivity contribution is -0.163. The zero-order valence-electron chi connectivity index (χ0n) is 30.3. The van der Waals surface area contributed by atoms with Crippen LogP contribution in [0.25, 0.3) is 11.1 Å². The number of alkyl halides is 2. The summed E-state index contributed by atoms with van der Waals surface area (Å²) in [6.45, 7) is 5.83. The second-order valence-electron chi connectivity index (χ2n) is 13.3. The fourth-order valence-electron chi connectivity index (χ4n) is 7.14. The Hall–Kier alpha value is -2.42. The third kappa shape index (κ3) is 8.76. The van der Waals surface area contributed by atoms with Gasteiger partial charge in [-0.2, -0.15) is 0 Å². The lowest BCUT2D eigenvalue weighted by atomic mass is 9.79. The van der Waals surface area contributed by atoms with E-state index in [1.165, 1.54) is 40.7 Å². The quantitative estimate of drug-likeness (QED) is 0.100. The number of hydrogen-bond donors (Lipinski definition) is 5. The highest BCUT2D eigenvalue weighted by Crippen LogP contribution is 2.52. The molecule has 0 bridgehead atoms. The molecule has 13 nitrogen and oxygen atoms in total. The van der Waals surface area contributed by atoms with Gasteiger partial charge < -0.3 is 35.3 Å². The molecule has 5 N–H and O–H groups in total. The molecule has 2 aromatic heterocycles. The number of fused-ring (bicyclic) bond motifs is 1. The fourth-order valence-corrected chi connectivity index (χ4v) is 10.8. The van der Waals surface area contributed by atoms with E-state index in [-0.39, 0.29) is 48.2 Å². The highest BCUT2D eigenvalue weighted by molar-refractivity contribution is 8.04. The van der Waals surface area contributed by atoms with Gasteiger partial charge in [0.2, 0.25) is 5.91 Å². The summed E-state index contributed by atoms with van der Waals surface area (Å²) in [6.07, 6.45) is 5.25. The molecule has 7 heterocycles. The molecule has 1 fully saturated rings. The normalized spacial score (nSPS) is 26.9. The minimum atomic E-state index is -1.13. The maximum Gasteiger partial charge on any atom is 0.353 e. The molecule has 2 aromatic rings. The van der Waals surface area contributed by atoms with E-state index in [2.05, 4.69) is 49.5 Å². The van der Waals surface area contributed by atoms with Gasteiger partial charge in [-0.25, -0.2) is 14.6 Å². The van der Waals surface area contributed by atoms with E-state index >= 15 is 0 Å². The SMILES string of the molecule is CN1CC=C(c2csc(=S)[nH]2)[C@@H]1CCl.COC(=O)C1=CCN(C)[C@H]1CO.C[C@@H](O)[C@H]1C(=O)N2C(C(=O)O)=C(Sc3nc(C4=CCN[C@H]4CCl)cs3)[C@H](C)[C@H]12. The standard InChI is InChI=1S/C18H20ClN3O4S2.C9H11ClN2S2.C8H13NO3/c1-7-13-12(8(2)23)16(24)22(13)14(17(25)26)15(7)28-18-21-11(6-27-18)9-3-4-20-10(9)5-19;1-12-3-2-6(8(12)4-10)7-5-14-9(13)11-7;1-9-4-3-6(7(9)5-10)8(11)12-2/h3,6-8,10,12-13,20,23H,4-5H2,1-2H3,(H,25,26);2,5,8H,3-4H2,1H3,(H,11,13);3,7,10H,4-5H2,1-2H3/t7-,8-,10+,12-,13-;8-;7-/m100/s1. The van der Waals surface area contributed by atoms with Gasteiger partial charge in [0.25, 0.3) is 0 Å². The number of halogens is 2. The number of hydrogen-bond acceptors (Lipinski definition) is 14. The van der Waals surface area contributed by atoms with E-state index < -0.39 is 18.0 Å². The molecule has 7 atom stereocenters. The molecule has 19 heteroatoms. The first-order valence-electron chi connectivity index (χ1n) is 17.1. The number of β-lactam (4-membered cyclic amide) rings is 1. The van der Waals surface area contributed by atoms with Crippen molar-refractivity contribution in [2.45, 2.75) is 48.5 Å². The minimum absolute atomic E-state index is 0.0153. The Morgan fingerprint density at radius 3 is 2.41 bits per heavy atom. The molecule has 0 aliphatic carbocycles. The zero-order chi connectivity index (χ0) is 39.4. The van der Waals surface area contributed by atoms with Crippen LogP contribution in [-0.4, -0.2) is 147 Å². The molecular weight excluding hydrogens is 816 g/mol. The number of carboxylic acid groups (broad SMARTS) is 1. The number of aromatic amines is 1. The number of carboxylic acids is 1.